The Balaban J connectivity index is 2.13. The van der Waals surface area contributed by atoms with Crippen molar-refractivity contribution in [2.75, 3.05) is 0 Å². The van der Waals surface area contributed by atoms with Gasteiger partial charge in [-0.25, -0.2) is 4.39 Å². The van der Waals surface area contributed by atoms with E-state index in [0.29, 0.717) is 5.92 Å². The van der Waals surface area contributed by atoms with Gasteiger partial charge in [0.2, 0.25) is 0 Å². The van der Waals surface area contributed by atoms with E-state index in [1.807, 2.05) is 0 Å². The largest absolute Gasteiger partial charge is 0.393 e. The number of hydrogen-bond donors (Lipinski definition) is 1. The minimum atomic E-state index is -0.297. The van der Waals surface area contributed by atoms with Gasteiger partial charge in [-0.05, 0) is 30.4 Å². The highest BCUT2D eigenvalue weighted by Gasteiger charge is 2.28. The molecule has 3 heteroatoms. The second-order valence-corrected chi connectivity index (χ2v) is 3.26. The van der Waals surface area contributed by atoms with E-state index in [-0.39, 0.29) is 11.9 Å². The highest BCUT2D eigenvalue weighted by Crippen LogP contribution is 2.36. The summed E-state index contributed by atoms with van der Waals surface area (Å²) < 4.78 is 12.7. The monoisotopic (exact) mass is 167 g/mol. The number of hydrogen-bond acceptors (Lipinski definition) is 2. The standard InChI is InChI=1S/C9H10FNO/c10-8-1-7(4-11-5-8)6-2-9(12)3-6/h1,4-6,9,12H,2-3H2. The Morgan fingerprint density at radius 2 is 2.17 bits per heavy atom. The number of aliphatic hydroxyl groups is 1. The van der Waals surface area contributed by atoms with E-state index in [4.69, 9.17) is 5.11 Å². The van der Waals surface area contributed by atoms with Gasteiger partial charge in [0.25, 0.3) is 0 Å². The van der Waals surface area contributed by atoms with Crippen molar-refractivity contribution in [1.29, 1.82) is 0 Å². The molecule has 0 radical (unpaired) electrons. The van der Waals surface area contributed by atoms with Gasteiger partial charge in [-0.15, -0.1) is 0 Å². The van der Waals surface area contributed by atoms with Crippen molar-refractivity contribution in [2.45, 2.75) is 24.9 Å². The van der Waals surface area contributed by atoms with Gasteiger partial charge in [0.1, 0.15) is 5.82 Å². The molecule has 1 aromatic rings. The third-order valence-corrected chi connectivity index (χ3v) is 2.31. The molecule has 12 heavy (non-hydrogen) atoms. The number of aromatic nitrogens is 1. The van der Waals surface area contributed by atoms with E-state index >= 15 is 0 Å². The van der Waals surface area contributed by atoms with Gasteiger partial charge in [0.05, 0.1) is 12.3 Å². The third-order valence-electron chi connectivity index (χ3n) is 2.31. The molecule has 0 saturated heterocycles. The maximum atomic E-state index is 12.7. The van der Waals surface area contributed by atoms with Gasteiger partial charge in [0.15, 0.2) is 0 Å². The topological polar surface area (TPSA) is 33.1 Å². The highest BCUT2D eigenvalue weighted by atomic mass is 19.1. The van der Waals surface area contributed by atoms with Gasteiger partial charge in [-0.3, -0.25) is 4.98 Å². The molecule has 0 bridgehead atoms. The molecule has 0 aromatic carbocycles. The summed E-state index contributed by atoms with van der Waals surface area (Å²) in [5.74, 6) is 0.0112. The molecule has 1 aromatic heterocycles. The summed E-state index contributed by atoms with van der Waals surface area (Å²) in [5.41, 5.74) is 0.903. The summed E-state index contributed by atoms with van der Waals surface area (Å²) in [4.78, 5) is 3.76. The lowest BCUT2D eigenvalue weighted by atomic mass is 9.78. The van der Waals surface area contributed by atoms with Crippen LogP contribution in [0.5, 0.6) is 0 Å². The minimum Gasteiger partial charge on any atom is -0.393 e. The summed E-state index contributed by atoms with van der Waals surface area (Å²) in [5, 5.41) is 9.03. The zero-order valence-electron chi connectivity index (χ0n) is 6.57. The van der Waals surface area contributed by atoms with Crippen LogP contribution in [0.2, 0.25) is 0 Å². The molecule has 0 unspecified atom stereocenters. The number of nitrogens with zero attached hydrogens (tertiary/aromatic N) is 1. The zero-order valence-corrected chi connectivity index (χ0v) is 6.57. The maximum Gasteiger partial charge on any atom is 0.141 e. The fraction of sp³-hybridized carbons (Fsp3) is 0.444. The van der Waals surface area contributed by atoms with Crippen LogP contribution in [0.15, 0.2) is 18.5 Å². The van der Waals surface area contributed by atoms with Crippen LogP contribution in [-0.2, 0) is 0 Å². The van der Waals surface area contributed by atoms with Gasteiger partial charge in [-0.2, -0.15) is 0 Å². The summed E-state index contributed by atoms with van der Waals surface area (Å²) in [6.45, 7) is 0. The number of pyridine rings is 1. The number of rotatable bonds is 1. The van der Waals surface area contributed by atoms with Crippen LogP contribution in [0.25, 0.3) is 0 Å². The molecule has 1 fully saturated rings. The van der Waals surface area contributed by atoms with E-state index in [9.17, 15) is 4.39 Å². The molecule has 2 rings (SSSR count). The molecule has 0 spiro atoms. The van der Waals surface area contributed by atoms with Crippen molar-refractivity contribution in [3.8, 4) is 0 Å². The van der Waals surface area contributed by atoms with E-state index < -0.39 is 0 Å². The Hall–Kier alpha value is -0.960. The van der Waals surface area contributed by atoms with Crippen molar-refractivity contribution in [3.63, 3.8) is 0 Å². The van der Waals surface area contributed by atoms with Crippen molar-refractivity contribution in [1.82, 2.24) is 4.98 Å². The molecule has 1 aliphatic carbocycles. The molecule has 1 N–H and O–H groups in total. The molecule has 1 aliphatic rings. The zero-order chi connectivity index (χ0) is 8.55. The van der Waals surface area contributed by atoms with E-state index in [2.05, 4.69) is 4.98 Å². The fourth-order valence-electron chi connectivity index (χ4n) is 1.51. The summed E-state index contributed by atoms with van der Waals surface area (Å²) in [6, 6.07) is 1.49. The van der Waals surface area contributed by atoms with Crippen LogP contribution < -0.4 is 0 Å². The molecule has 2 nitrogen and oxygen atoms in total. The smallest absolute Gasteiger partial charge is 0.141 e. The van der Waals surface area contributed by atoms with E-state index in [0.717, 1.165) is 18.4 Å². The van der Waals surface area contributed by atoms with Crippen LogP contribution >= 0.6 is 0 Å². The van der Waals surface area contributed by atoms with Crippen LogP contribution in [0.4, 0.5) is 4.39 Å². The normalized spacial score (nSPS) is 28.2. The Morgan fingerprint density at radius 1 is 1.42 bits per heavy atom. The van der Waals surface area contributed by atoms with Gasteiger partial charge in [0, 0.05) is 6.20 Å². The Morgan fingerprint density at radius 3 is 2.75 bits per heavy atom. The van der Waals surface area contributed by atoms with Crippen molar-refractivity contribution >= 4 is 0 Å². The van der Waals surface area contributed by atoms with Crippen molar-refractivity contribution < 1.29 is 9.50 Å². The summed E-state index contributed by atoms with van der Waals surface area (Å²) in [7, 11) is 0. The second kappa shape index (κ2) is 2.83. The quantitative estimate of drug-likeness (QED) is 0.686. The highest BCUT2D eigenvalue weighted by molar-refractivity contribution is 5.18. The third kappa shape index (κ3) is 1.32. The second-order valence-electron chi connectivity index (χ2n) is 3.26. The number of aliphatic hydroxyl groups excluding tert-OH is 1. The van der Waals surface area contributed by atoms with Crippen LogP contribution in [0.1, 0.15) is 24.3 Å². The Labute approximate surface area is 70.1 Å². The van der Waals surface area contributed by atoms with Crippen LogP contribution in [0, 0.1) is 5.82 Å². The maximum absolute atomic E-state index is 12.7. The summed E-state index contributed by atoms with van der Waals surface area (Å²) >= 11 is 0. The first-order valence-corrected chi connectivity index (χ1v) is 4.04. The fourth-order valence-corrected chi connectivity index (χ4v) is 1.51. The van der Waals surface area contributed by atoms with Crippen LogP contribution in [0.3, 0.4) is 0 Å². The first-order chi connectivity index (χ1) is 5.75. The molecule has 64 valence electrons. The van der Waals surface area contributed by atoms with Crippen molar-refractivity contribution in [2.24, 2.45) is 0 Å². The first kappa shape index (κ1) is 7.68. The van der Waals surface area contributed by atoms with E-state index in [1.165, 1.54) is 12.3 Å². The van der Waals surface area contributed by atoms with Gasteiger partial charge in [-0.1, -0.05) is 0 Å². The molecule has 1 saturated carbocycles. The SMILES string of the molecule is OC1CC(c2cncc(F)c2)C1. The molecule has 1 heterocycles. The average Bonchev–Trinajstić information content (AvgIpc) is 1.99. The molecular formula is C9H10FNO. The molecular weight excluding hydrogens is 157 g/mol. The summed E-state index contributed by atoms with van der Waals surface area (Å²) in [6.07, 6.45) is 4.15. The predicted molar refractivity (Wildman–Crippen MR) is 42.2 cm³/mol. The predicted octanol–water partition coefficient (Wildman–Crippen LogP) is 1.46. The lowest BCUT2D eigenvalue weighted by Crippen LogP contribution is -2.26. The lowest BCUT2D eigenvalue weighted by Gasteiger charge is -2.31. The average molecular weight is 167 g/mol. The first-order valence-electron chi connectivity index (χ1n) is 4.04. The van der Waals surface area contributed by atoms with E-state index in [1.54, 1.807) is 6.20 Å². The number of halogens is 1. The van der Waals surface area contributed by atoms with Gasteiger partial charge < -0.3 is 5.11 Å². The van der Waals surface area contributed by atoms with Crippen LogP contribution in [-0.4, -0.2) is 16.2 Å². The molecule has 0 atom stereocenters. The Bertz CT molecular complexity index is 284. The molecule has 0 amide bonds. The van der Waals surface area contributed by atoms with Crippen molar-refractivity contribution in [3.05, 3.63) is 29.8 Å². The minimum absolute atomic E-state index is 0.196. The lowest BCUT2D eigenvalue weighted by molar-refractivity contribution is 0.0744. The van der Waals surface area contributed by atoms with Gasteiger partial charge >= 0.3 is 0 Å². The Kier molecular flexibility index (Phi) is 1.81. The molecule has 0 aliphatic heterocycles.